The van der Waals surface area contributed by atoms with Crippen LogP contribution in [0.15, 0.2) is 58.4 Å². The van der Waals surface area contributed by atoms with E-state index in [1.165, 1.54) is 104 Å². The average Bonchev–Trinajstić information content (AvgIpc) is 3.81. The van der Waals surface area contributed by atoms with Crippen molar-refractivity contribution < 1.29 is 34.8 Å². The summed E-state index contributed by atoms with van der Waals surface area (Å²) in [4.78, 5) is 44.5. The SMILES string of the molecule is CCCCCCCCCCCCSc1cc(O)c(Sc2nc(CC(=O)NCC)cs2)cc1O.CCCNC(=O)Cc1csc(Sc2cc(O)c(C=O)cc2O)n1. The summed E-state index contributed by atoms with van der Waals surface area (Å²) >= 11 is 6.83. The van der Waals surface area contributed by atoms with E-state index in [0.717, 1.165) is 34.7 Å². The first-order valence-corrected chi connectivity index (χ1v) is 23.4. The zero-order chi connectivity index (χ0) is 40.7. The highest BCUT2D eigenvalue weighted by Gasteiger charge is 2.15. The fourth-order valence-corrected chi connectivity index (χ4v) is 9.83. The summed E-state index contributed by atoms with van der Waals surface area (Å²) < 4.78 is 1.37. The highest BCUT2D eigenvalue weighted by atomic mass is 32.2. The van der Waals surface area contributed by atoms with Crippen LogP contribution < -0.4 is 10.6 Å². The van der Waals surface area contributed by atoms with Crippen LogP contribution in [0.3, 0.4) is 0 Å². The van der Waals surface area contributed by atoms with Gasteiger partial charge in [0.25, 0.3) is 0 Å². The van der Waals surface area contributed by atoms with Gasteiger partial charge in [-0.2, -0.15) is 0 Å². The van der Waals surface area contributed by atoms with Crippen LogP contribution in [0.25, 0.3) is 0 Å². The molecule has 0 saturated heterocycles. The van der Waals surface area contributed by atoms with E-state index in [-0.39, 0.29) is 53.2 Å². The van der Waals surface area contributed by atoms with Crippen molar-refractivity contribution in [1.82, 2.24) is 20.6 Å². The molecule has 0 fully saturated rings. The Hall–Kier alpha value is -3.44. The molecule has 0 radical (unpaired) electrons. The quantitative estimate of drug-likeness (QED) is 0.0170. The van der Waals surface area contributed by atoms with Crippen LogP contribution in [-0.2, 0) is 22.4 Å². The summed E-state index contributed by atoms with van der Waals surface area (Å²) in [5.74, 6) is 0.831. The maximum absolute atomic E-state index is 11.7. The lowest BCUT2D eigenvalue weighted by Gasteiger charge is -2.09. The van der Waals surface area contributed by atoms with E-state index in [0.29, 0.717) is 49.8 Å². The number of benzene rings is 2. The highest BCUT2D eigenvalue weighted by Crippen LogP contribution is 2.43. The molecule has 0 aliphatic heterocycles. The number of aromatic nitrogens is 2. The topological polar surface area (TPSA) is 182 Å². The van der Waals surface area contributed by atoms with Crippen LogP contribution in [0.2, 0.25) is 0 Å². The minimum absolute atomic E-state index is 0.0271. The molecule has 2 aromatic heterocycles. The summed E-state index contributed by atoms with van der Waals surface area (Å²) in [5, 5.41) is 49.6. The van der Waals surface area contributed by atoms with Gasteiger partial charge in [-0.3, -0.25) is 14.4 Å². The number of unbranched alkanes of at least 4 members (excludes halogenated alkanes) is 9. The Kier molecular flexibility index (Phi) is 22.2. The van der Waals surface area contributed by atoms with E-state index in [4.69, 9.17) is 0 Å². The number of aldehydes is 1. The second kappa shape index (κ2) is 26.5. The number of likely N-dealkylation sites (N-methyl/N-ethyl adjacent to an activating group) is 1. The summed E-state index contributed by atoms with van der Waals surface area (Å²) in [6.07, 6.45) is 14.9. The van der Waals surface area contributed by atoms with Crippen molar-refractivity contribution in [2.24, 2.45) is 0 Å². The van der Waals surface area contributed by atoms with Gasteiger partial charge in [0, 0.05) is 23.8 Å². The highest BCUT2D eigenvalue weighted by molar-refractivity contribution is 8.01. The number of thioether (sulfide) groups is 1. The Morgan fingerprint density at radius 2 is 1.12 bits per heavy atom. The van der Waals surface area contributed by atoms with Crippen molar-refractivity contribution in [3.8, 4) is 23.0 Å². The number of carbonyl (C=O) groups excluding carboxylic acids is 3. The van der Waals surface area contributed by atoms with Crippen LogP contribution in [0.5, 0.6) is 23.0 Å². The van der Waals surface area contributed by atoms with Crippen LogP contribution in [0.4, 0.5) is 0 Å². The third-order valence-electron chi connectivity index (χ3n) is 8.12. The first-order valence-electron chi connectivity index (χ1n) is 19.0. The molecular weight excluding hydrogens is 809 g/mol. The van der Waals surface area contributed by atoms with E-state index >= 15 is 0 Å². The number of amides is 2. The lowest BCUT2D eigenvalue weighted by atomic mass is 10.1. The molecule has 4 rings (SSSR count). The van der Waals surface area contributed by atoms with Gasteiger partial charge < -0.3 is 31.1 Å². The molecular formula is C40H54N4O7S5. The summed E-state index contributed by atoms with van der Waals surface area (Å²) in [6, 6.07) is 5.77. The minimum atomic E-state index is -0.198. The summed E-state index contributed by atoms with van der Waals surface area (Å²) in [5.41, 5.74) is 1.39. The van der Waals surface area contributed by atoms with Crippen molar-refractivity contribution in [3.63, 3.8) is 0 Å². The predicted octanol–water partition coefficient (Wildman–Crippen LogP) is 9.98. The summed E-state index contributed by atoms with van der Waals surface area (Å²) in [6.45, 7) is 7.36. The summed E-state index contributed by atoms with van der Waals surface area (Å²) in [7, 11) is 0. The van der Waals surface area contributed by atoms with Gasteiger partial charge in [0.15, 0.2) is 15.0 Å². The van der Waals surface area contributed by atoms with Gasteiger partial charge in [-0.1, -0.05) is 95.2 Å². The molecule has 0 atom stereocenters. The number of nitrogens with one attached hydrogen (secondary N) is 2. The van der Waals surface area contributed by atoms with Crippen molar-refractivity contribution in [3.05, 3.63) is 52.0 Å². The number of aromatic hydroxyl groups is 4. The van der Waals surface area contributed by atoms with E-state index in [9.17, 15) is 34.8 Å². The van der Waals surface area contributed by atoms with Gasteiger partial charge in [-0.15, -0.1) is 34.4 Å². The maximum atomic E-state index is 11.7. The second-order valence-corrected chi connectivity index (χ2v) is 18.3. The lowest BCUT2D eigenvalue weighted by molar-refractivity contribution is -0.121. The molecule has 306 valence electrons. The zero-order valence-electron chi connectivity index (χ0n) is 32.3. The smallest absolute Gasteiger partial charge is 0.226 e. The van der Waals surface area contributed by atoms with Crippen molar-refractivity contribution in [1.29, 1.82) is 0 Å². The number of hydrogen-bond donors (Lipinski definition) is 6. The molecule has 6 N–H and O–H groups in total. The number of thiazole rings is 2. The Labute approximate surface area is 350 Å². The molecule has 0 bridgehead atoms. The first-order chi connectivity index (χ1) is 27.1. The van der Waals surface area contributed by atoms with Gasteiger partial charge in [-0.05, 0) is 49.8 Å². The van der Waals surface area contributed by atoms with E-state index in [1.807, 2.05) is 19.2 Å². The fourth-order valence-electron chi connectivity index (χ4n) is 5.19. The third-order valence-corrected chi connectivity index (χ3v) is 13.3. The molecule has 2 heterocycles. The number of phenols is 4. The number of rotatable bonds is 24. The van der Waals surface area contributed by atoms with Crippen molar-refractivity contribution >= 4 is 76.1 Å². The van der Waals surface area contributed by atoms with Gasteiger partial charge in [0.1, 0.15) is 23.0 Å². The Bertz CT molecular complexity index is 1820. The van der Waals surface area contributed by atoms with Crippen LogP contribution >= 0.6 is 58.0 Å². The Morgan fingerprint density at radius 1 is 0.643 bits per heavy atom. The number of phenolic OH excluding ortho intramolecular Hbond substituents is 4. The number of carbonyl (C=O) groups is 3. The molecule has 0 aliphatic rings. The van der Waals surface area contributed by atoms with Crippen molar-refractivity contribution in [2.45, 2.75) is 128 Å². The molecule has 4 aromatic rings. The van der Waals surface area contributed by atoms with Crippen LogP contribution in [0.1, 0.15) is 113 Å². The molecule has 0 unspecified atom stereocenters. The Morgan fingerprint density at radius 3 is 1.66 bits per heavy atom. The average molecular weight is 863 g/mol. The minimum Gasteiger partial charge on any atom is -0.507 e. The maximum Gasteiger partial charge on any atom is 0.226 e. The molecule has 0 aliphatic carbocycles. The van der Waals surface area contributed by atoms with Crippen LogP contribution in [-0.4, -0.2) is 67.3 Å². The standard InChI is InChI=1S/C25H38N2O3S3.C15H16N2O4S2/c1-3-5-6-7-8-9-10-11-12-13-14-31-22-16-21(29)23(17-20(22)28)33-25-27-19(18-32-25)15-24(30)26-4-2;1-2-3-16-14(21)5-10-8-22-15(17-10)23-13-6-11(19)9(7-18)4-12(13)20/h16-18,28-29H,3-15H2,1-2H3,(H,26,30);4,6-8,19-20H,2-3,5H2,1H3,(H,16,21). The lowest BCUT2D eigenvalue weighted by Crippen LogP contribution is -2.25. The number of nitrogens with zero attached hydrogens (tertiary/aromatic N) is 2. The van der Waals surface area contributed by atoms with Gasteiger partial charge in [0.2, 0.25) is 11.8 Å². The molecule has 2 aromatic carbocycles. The van der Waals surface area contributed by atoms with Gasteiger partial charge in [0.05, 0.1) is 44.5 Å². The van der Waals surface area contributed by atoms with Gasteiger partial charge in [-0.25, -0.2) is 9.97 Å². The largest absolute Gasteiger partial charge is 0.507 e. The fraction of sp³-hybridized carbons (Fsp3) is 0.475. The molecule has 11 nitrogen and oxygen atoms in total. The predicted molar refractivity (Wildman–Crippen MR) is 229 cm³/mol. The van der Waals surface area contributed by atoms with Crippen LogP contribution in [0, 0.1) is 0 Å². The second-order valence-electron chi connectivity index (χ2n) is 12.9. The third kappa shape index (κ3) is 17.4. The van der Waals surface area contributed by atoms with Gasteiger partial charge >= 0.3 is 0 Å². The molecule has 56 heavy (non-hydrogen) atoms. The monoisotopic (exact) mass is 862 g/mol. The Balaban J connectivity index is 0.000000320. The first kappa shape index (κ1) is 46.9. The zero-order valence-corrected chi connectivity index (χ0v) is 36.4. The number of hydrogen-bond acceptors (Lipinski definition) is 14. The molecule has 0 saturated carbocycles. The van der Waals surface area contributed by atoms with Crippen molar-refractivity contribution in [2.75, 3.05) is 18.8 Å². The molecule has 16 heteroatoms. The normalized spacial score (nSPS) is 10.8. The van der Waals surface area contributed by atoms with E-state index < -0.39 is 0 Å². The molecule has 2 amide bonds. The molecule has 0 spiro atoms. The van der Waals surface area contributed by atoms with E-state index in [1.54, 1.807) is 29.3 Å². The van der Waals surface area contributed by atoms with E-state index in [2.05, 4.69) is 27.5 Å².